The average Bonchev–Trinajstić information content (AvgIpc) is 2.92. The van der Waals surface area contributed by atoms with Crippen LogP contribution in [0.3, 0.4) is 0 Å². The number of carbonyl (C=O) groups is 1. The minimum absolute atomic E-state index is 0.0173. The molecule has 4 rings (SSSR count). The smallest absolute Gasteiger partial charge is 0.307 e. The molecule has 0 radical (unpaired) electrons. The highest BCUT2D eigenvalue weighted by molar-refractivity contribution is 5.86. The summed E-state index contributed by atoms with van der Waals surface area (Å²) >= 11 is 0. The number of nitrogens with zero attached hydrogens (tertiary/aromatic N) is 2. The van der Waals surface area contributed by atoms with Gasteiger partial charge in [-0.1, -0.05) is 38.1 Å². The molecule has 3 aromatic rings. The Kier molecular flexibility index (Phi) is 9.76. The van der Waals surface area contributed by atoms with Gasteiger partial charge in [-0.3, -0.25) is 9.78 Å². The number of benzene rings is 2. The molecule has 7 nitrogen and oxygen atoms in total. The molecular formula is C32H40FN3O4. The number of pyridine rings is 1. The van der Waals surface area contributed by atoms with Crippen LogP contribution in [-0.4, -0.2) is 54.0 Å². The molecule has 0 atom stereocenters. The summed E-state index contributed by atoms with van der Waals surface area (Å²) in [7, 11) is 0. The number of rotatable bonds is 12. The zero-order chi connectivity index (χ0) is 28.7. The van der Waals surface area contributed by atoms with Crippen molar-refractivity contribution in [1.82, 2.24) is 10.3 Å². The molecule has 2 aromatic carbocycles. The summed E-state index contributed by atoms with van der Waals surface area (Å²) in [6, 6.07) is 14.3. The molecule has 214 valence electrons. The Morgan fingerprint density at radius 3 is 2.40 bits per heavy atom. The lowest BCUT2D eigenvalue weighted by molar-refractivity contribution is -0.136. The van der Waals surface area contributed by atoms with Gasteiger partial charge in [-0.05, 0) is 60.6 Å². The van der Waals surface area contributed by atoms with Gasteiger partial charge in [-0.25, -0.2) is 4.39 Å². The normalized spacial score (nSPS) is 14.8. The Morgan fingerprint density at radius 2 is 1.77 bits per heavy atom. The van der Waals surface area contributed by atoms with E-state index < -0.39 is 5.97 Å². The van der Waals surface area contributed by atoms with Crippen molar-refractivity contribution in [1.29, 1.82) is 0 Å². The number of halogens is 1. The summed E-state index contributed by atoms with van der Waals surface area (Å²) in [5.74, 6) is -0.417. The van der Waals surface area contributed by atoms with E-state index >= 15 is 0 Å². The van der Waals surface area contributed by atoms with Crippen LogP contribution in [0.4, 0.5) is 10.1 Å². The van der Waals surface area contributed by atoms with E-state index in [9.17, 15) is 19.4 Å². The first-order chi connectivity index (χ1) is 19.2. The maximum atomic E-state index is 13.2. The van der Waals surface area contributed by atoms with Crippen molar-refractivity contribution in [2.24, 2.45) is 5.41 Å². The highest BCUT2D eigenvalue weighted by Crippen LogP contribution is 2.42. The Bertz CT molecular complexity index is 1280. The number of ether oxygens (including phenoxy) is 1. The van der Waals surface area contributed by atoms with Gasteiger partial charge in [0.05, 0.1) is 31.0 Å². The van der Waals surface area contributed by atoms with Crippen LogP contribution in [0.1, 0.15) is 49.2 Å². The third-order valence-corrected chi connectivity index (χ3v) is 7.61. The molecule has 0 amide bonds. The zero-order valence-corrected chi connectivity index (χ0v) is 23.7. The molecule has 1 aliphatic heterocycles. The molecule has 0 aliphatic carbocycles. The molecule has 8 heteroatoms. The van der Waals surface area contributed by atoms with Crippen molar-refractivity contribution >= 4 is 11.7 Å². The Hall–Kier alpha value is -3.49. The SMILES string of the molecule is Cc1nc(CNCCO)c(-c2ccc(OCCc3ccc(F)cc3)cc2)c(N2CCC(C)(C)CC2)c1CC(=O)O. The molecule has 0 spiro atoms. The monoisotopic (exact) mass is 549 g/mol. The molecule has 0 unspecified atom stereocenters. The molecule has 1 saturated heterocycles. The minimum Gasteiger partial charge on any atom is -0.493 e. The lowest BCUT2D eigenvalue weighted by Gasteiger charge is -2.40. The Morgan fingerprint density at radius 1 is 1.10 bits per heavy atom. The fraction of sp³-hybridized carbons (Fsp3) is 0.438. The number of aliphatic hydroxyl groups excluding tert-OH is 1. The predicted octanol–water partition coefficient (Wildman–Crippen LogP) is 5.15. The van der Waals surface area contributed by atoms with E-state index in [0.717, 1.165) is 65.3 Å². The summed E-state index contributed by atoms with van der Waals surface area (Å²) in [5, 5.41) is 22.4. The Balaban J connectivity index is 1.68. The number of aliphatic hydroxyl groups is 1. The van der Waals surface area contributed by atoms with Crippen molar-refractivity contribution in [3.63, 3.8) is 0 Å². The quantitative estimate of drug-likeness (QED) is 0.269. The third-order valence-electron chi connectivity index (χ3n) is 7.61. The molecule has 40 heavy (non-hydrogen) atoms. The summed E-state index contributed by atoms with van der Waals surface area (Å²) in [6.07, 6.45) is 2.59. The standard InChI is InChI=1S/C32H40FN3O4/c1-22-27(20-29(38)39)31(36-16-13-32(2,3)14-17-36)30(28(35-22)21-34-15-18-37)24-6-10-26(11-7-24)40-19-12-23-4-8-25(33)9-5-23/h4-11,34,37H,12-21H2,1-3H3,(H,38,39). The van der Waals surface area contributed by atoms with Crippen molar-refractivity contribution < 1.29 is 24.1 Å². The van der Waals surface area contributed by atoms with E-state index in [0.29, 0.717) is 31.8 Å². The van der Waals surface area contributed by atoms with E-state index in [2.05, 4.69) is 24.1 Å². The first-order valence-electron chi connectivity index (χ1n) is 14.0. The third kappa shape index (κ3) is 7.58. The number of piperidine rings is 1. The van der Waals surface area contributed by atoms with Crippen molar-refractivity contribution in [3.8, 4) is 16.9 Å². The lowest BCUT2D eigenvalue weighted by Crippen LogP contribution is -2.38. The van der Waals surface area contributed by atoms with Gasteiger partial charge in [0.15, 0.2) is 0 Å². The molecule has 1 aromatic heterocycles. The van der Waals surface area contributed by atoms with Crippen LogP contribution in [0.2, 0.25) is 0 Å². The number of aromatic nitrogens is 1. The van der Waals surface area contributed by atoms with E-state index in [1.165, 1.54) is 12.1 Å². The number of hydrogen-bond donors (Lipinski definition) is 3. The largest absolute Gasteiger partial charge is 0.493 e. The van der Waals surface area contributed by atoms with Gasteiger partial charge >= 0.3 is 5.97 Å². The summed E-state index contributed by atoms with van der Waals surface area (Å²) in [4.78, 5) is 19.2. The maximum absolute atomic E-state index is 13.2. The molecule has 0 bridgehead atoms. The fourth-order valence-electron chi connectivity index (χ4n) is 5.20. The number of aryl methyl sites for hydroxylation is 1. The number of nitrogens with one attached hydrogen (secondary N) is 1. The Labute approximate surface area is 236 Å². The molecule has 3 N–H and O–H groups in total. The second-order valence-corrected chi connectivity index (χ2v) is 11.2. The summed E-state index contributed by atoms with van der Waals surface area (Å²) < 4.78 is 19.1. The van der Waals surface area contributed by atoms with Gasteiger partial charge in [0.2, 0.25) is 0 Å². The van der Waals surface area contributed by atoms with E-state index in [-0.39, 0.29) is 24.3 Å². The van der Waals surface area contributed by atoms with Crippen LogP contribution in [0.15, 0.2) is 48.5 Å². The second kappa shape index (κ2) is 13.2. The molecule has 2 heterocycles. The zero-order valence-electron chi connectivity index (χ0n) is 23.7. The fourth-order valence-corrected chi connectivity index (χ4v) is 5.20. The molecule has 1 aliphatic rings. The van der Waals surface area contributed by atoms with Crippen LogP contribution in [0, 0.1) is 18.2 Å². The van der Waals surface area contributed by atoms with E-state index in [1.54, 1.807) is 12.1 Å². The minimum atomic E-state index is -0.884. The van der Waals surface area contributed by atoms with Gasteiger partial charge in [0.25, 0.3) is 0 Å². The number of hydrogen-bond acceptors (Lipinski definition) is 6. The van der Waals surface area contributed by atoms with Gasteiger partial charge in [-0.15, -0.1) is 0 Å². The molecular weight excluding hydrogens is 509 g/mol. The maximum Gasteiger partial charge on any atom is 0.307 e. The number of carboxylic acid groups (broad SMARTS) is 1. The summed E-state index contributed by atoms with van der Waals surface area (Å²) in [6.45, 7) is 9.48. The first-order valence-corrected chi connectivity index (χ1v) is 14.0. The lowest BCUT2D eigenvalue weighted by atomic mass is 9.82. The highest BCUT2D eigenvalue weighted by atomic mass is 19.1. The van der Waals surface area contributed by atoms with Crippen molar-refractivity contribution in [3.05, 3.63) is 76.9 Å². The predicted molar refractivity (Wildman–Crippen MR) is 155 cm³/mol. The van der Waals surface area contributed by atoms with Gasteiger partial charge in [0.1, 0.15) is 11.6 Å². The van der Waals surface area contributed by atoms with Crippen LogP contribution in [-0.2, 0) is 24.2 Å². The number of anilines is 1. The average molecular weight is 550 g/mol. The van der Waals surface area contributed by atoms with Crippen LogP contribution in [0.5, 0.6) is 5.75 Å². The van der Waals surface area contributed by atoms with Crippen LogP contribution >= 0.6 is 0 Å². The number of aliphatic carboxylic acids is 1. The van der Waals surface area contributed by atoms with Crippen molar-refractivity contribution in [2.45, 2.75) is 53.0 Å². The highest BCUT2D eigenvalue weighted by Gasteiger charge is 2.30. The molecule has 1 fully saturated rings. The van der Waals surface area contributed by atoms with Crippen LogP contribution in [0.25, 0.3) is 11.1 Å². The van der Waals surface area contributed by atoms with Crippen LogP contribution < -0.4 is 15.0 Å². The van der Waals surface area contributed by atoms with E-state index in [4.69, 9.17) is 9.72 Å². The topological polar surface area (TPSA) is 94.9 Å². The van der Waals surface area contributed by atoms with Gasteiger partial charge in [-0.2, -0.15) is 0 Å². The molecule has 0 saturated carbocycles. The second-order valence-electron chi connectivity index (χ2n) is 11.2. The summed E-state index contributed by atoms with van der Waals surface area (Å²) in [5.41, 5.74) is 6.32. The number of carboxylic acids is 1. The van der Waals surface area contributed by atoms with Gasteiger partial charge < -0.3 is 25.2 Å². The first kappa shape index (κ1) is 29.5. The van der Waals surface area contributed by atoms with Crippen molar-refractivity contribution in [2.75, 3.05) is 37.7 Å². The van der Waals surface area contributed by atoms with E-state index in [1.807, 2.05) is 31.2 Å². The van der Waals surface area contributed by atoms with Gasteiger partial charge in [0, 0.05) is 49.4 Å².